The molecule has 0 unspecified atom stereocenters. The van der Waals surface area contributed by atoms with Crippen molar-refractivity contribution in [2.45, 2.75) is 0 Å². The lowest BCUT2D eigenvalue weighted by Gasteiger charge is -2.08. The largest absolute Gasteiger partial charge is 0.495 e. The Morgan fingerprint density at radius 2 is 2.22 bits per heavy atom. The molecule has 1 aromatic rings. The molecule has 0 bridgehead atoms. The van der Waals surface area contributed by atoms with Crippen LogP contribution in [0, 0.1) is 22.8 Å². The SMILES string of the molecule is COc1ccc(C#N)c(N=C(NC#N)SC)c1Cl. The maximum absolute atomic E-state index is 9.01. The maximum Gasteiger partial charge on any atom is 0.183 e. The number of rotatable bonds is 2. The normalized spacial score (nSPS) is 10.4. The number of aliphatic imine (C=N–C) groups is 1. The third-order valence-corrected chi connectivity index (χ3v) is 2.94. The first kappa shape index (κ1) is 14.2. The van der Waals surface area contributed by atoms with Gasteiger partial charge in [-0.2, -0.15) is 10.5 Å². The first-order chi connectivity index (χ1) is 8.67. The zero-order valence-corrected chi connectivity index (χ0v) is 11.3. The highest BCUT2D eigenvalue weighted by Gasteiger charge is 2.12. The van der Waals surface area contributed by atoms with Gasteiger partial charge in [-0.05, 0) is 18.4 Å². The van der Waals surface area contributed by atoms with Crippen molar-refractivity contribution in [1.82, 2.24) is 5.32 Å². The number of thioether (sulfide) groups is 1. The molecular formula is C11H9ClN4OS. The van der Waals surface area contributed by atoms with E-state index in [9.17, 15) is 0 Å². The zero-order chi connectivity index (χ0) is 13.5. The van der Waals surface area contributed by atoms with E-state index in [2.05, 4.69) is 10.3 Å². The van der Waals surface area contributed by atoms with Gasteiger partial charge in [0.05, 0.1) is 12.7 Å². The fourth-order valence-corrected chi connectivity index (χ4v) is 1.79. The van der Waals surface area contributed by atoms with E-state index in [-0.39, 0.29) is 10.7 Å². The molecule has 1 rings (SSSR count). The van der Waals surface area contributed by atoms with Gasteiger partial charge in [0.2, 0.25) is 0 Å². The lowest BCUT2D eigenvalue weighted by Crippen LogP contribution is -2.12. The zero-order valence-electron chi connectivity index (χ0n) is 9.69. The summed E-state index contributed by atoms with van der Waals surface area (Å²) in [7, 11) is 1.48. The van der Waals surface area contributed by atoms with Gasteiger partial charge in [0, 0.05) is 0 Å². The Morgan fingerprint density at radius 1 is 1.50 bits per heavy atom. The Balaban J connectivity index is 3.38. The van der Waals surface area contributed by atoms with Gasteiger partial charge in [-0.1, -0.05) is 23.4 Å². The summed E-state index contributed by atoms with van der Waals surface area (Å²) in [5, 5.41) is 20.6. The molecule has 0 amide bonds. The van der Waals surface area contributed by atoms with Crippen molar-refractivity contribution >= 4 is 34.2 Å². The lowest BCUT2D eigenvalue weighted by molar-refractivity contribution is 0.415. The van der Waals surface area contributed by atoms with Gasteiger partial charge < -0.3 is 4.74 Å². The number of nitrogens with one attached hydrogen (secondary N) is 1. The van der Waals surface area contributed by atoms with Gasteiger partial charge in [0.15, 0.2) is 11.4 Å². The maximum atomic E-state index is 9.01. The number of nitriles is 2. The molecule has 5 nitrogen and oxygen atoms in total. The first-order valence-corrected chi connectivity index (χ1v) is 6.32. The summed E-state index contributed by atoms with van der Waals surface area (Å²) in [6.45, 7) is 0. The molecule has 0 saturated heterocycles. The van der Waals surface area contributed by atoms with Crippen LogP contribution in [0.1, 0.15) is 5.56 Å². The predicted octanol–water partition coefficient (Wildman–Crippen LogP) is 2.64. The standard InChI is InChI=1S/C11H9ClN4OS/c1-17-8-4-3-7(5-13)10(9(8)12)16-11(18-2)15-6-14/h3-4H,1-2H3,(H,15,16). The molecular weight excluding hydrogens is 272 g/mol. The second-order valence-corrected chi connectivity index (χ2v) is 4.12. The van der Waals surface area contributed by atoms with Gasteiger partial charge >= 0.3 is 0 Å². The average molecular weight is 281 g/mol. The Labute approximate surface area is 114 Å². The molecule has 0 aliphatic heterocycles. The van der Waals surface area contributed by atoms with E-state index in [4.69, 9.17) is 26.9 Å². The minimum atomic E-state index is 0.239. The molecule has 92 valence electrons. The highest BCUT2D eigenvalue weighted by Crippen LogP contribution is 2.37. The molecule has 0 aliphatic carbocycles. The predicted molar refractivity (Wildman–Crippen MR) is 72.1 cm³/mol. The molecule has 18 heavy (non-hydrogen) atoms. The molecule has 0 atom stereocenters. The molecule has 0 spiro atoms. The Bertz CT molecular complexity index is 559. The highest BCUT2D eigenvalue weighted by molar-refractivity contribution is 8.13. The van der Waals surface area contributed by atoms with E-state index in [0.717, 1.165) is 0 Å². The fourth-order valence-electron chi connectivity index (χ4n) is 1.18. The molecule has 0 aromatic heterocycles. The minimum absolute atomic E-state index is 0.239. The second kappa shape index (κ2) is 6.75. The molecule has 7 heteroatoms. The molecule has 1 N–H and O–H groups in total. The van der Waals surface area contributed by atoms with Gasteiger partial charge in [0.1, 0.15) is 22.5 Å². The molecule has 0 aliphatic rings. The van der Waals surface area contributed by atoms with Crippen molar-refractivity contribution in [1.29, 1.82) is 10.5 Å². The second-order valence-electron chi connectivity index (χ2n) is 2.95. The van der Waals surface area contributed by atoms with Crippen LogP contribution in [0.25, 0.3) is 0 Å². The molecule has 0 heterocycles. The summed E-state index contributed by atoms with van der Waals surface area (Å²) in [6.07, 6.45) is 3.52. The van der Waals surface area contributed by atoms with Gasteiger partial charge in [-0.3, -0.25) is 5.32 Å². The number of benzene rings is 1. The van der Waals surface area contributed by atoms with Gasteiger partial charge in [0.25, 0.3) is 0 Å². The van der Waals surface area contributed by atoms with Crippen LogP contribution in [0.3, 0.4) is 0 Å². The Morgan fingerprint density at radius 3 is 2.72 bits per heavy atom. The number of halogens is 1. The van der Waals surface area contributed by atoms with E-state index < -0.39 is 0 Å². The molecule has 1 aromatic carbocycles. The molecule has 0 saturated carbocycles. The van der Waals surface area contributed by atoms with Crippen molar-refractivity contribution < 1.29 is 4.74 Å². The minimum Gasteiger partial charge on any atom is -0.495 e. The van der Waals surface area contributed by atoms with E-state index in [0.29, 0.717) is 16.5 Å². The smallest absolute Gasteiger partial charge is 0.183 e. The fraction of sp³-hybridized carbons (Fsp3) is 0.182. The van der Waals surface area contributed by atoms with Crippen molar-refractivity contribution in [3.05, 3.63) is 22.7 Å². The summed E-state index contributed by atoms with van der Waals surface area (Å²) in [6, 6.07) is 5.15. The van der Waals surface area contributed by atoms with Crippen LogP contribution in [0.15, 0.2) is 17.1 Å². The van der Waals surface area contributed by atoms with Crippen molar-refractivity contribution in [3.63, 3.8) is 0 Å². The van der Waals surface area contributed by atoms with E-state index in [1.54, 1.807) is 24.6 Å². The first-order valence-electron chi connectivity index (χ1n) is 4.72. The summed E-state index contributed by atoms with van der Waals surface area (Å²) in [5.41, 5.74) is 0.595. The van der Waals surface area contributed by atoms with Crippen LogP contribution in [0.2, 0.25) is 5.02 Å². The average Bonchev–Trinajstić information content (AvgIpc) is 2.40. The third kappa shape index (κ3) is 3.07. The highest BCUT2D eigenvalue weighted by atomic mass is 35.5. The van der Waals surface area contributed by atoms with Crippen LogP contribution < -0.4 is 10.1 Å². The summed E-state index contributed by atoms with van der Waals surface area (Å²) >= 11 is 7.33. The summed E-state index contributed by atoms with van der Waals surface area (Å²) in [4.78, 5) is 4.16. The van der Waals surface area contributed by atoms with E-state index in [1.807, 2.05) is 6.07 Å². The number of nitrogens with zero attached hydrogens (tertiary/aromatic N) is 3. The molecule has 0 radical (unpaired) electrons. The number of methoxy groups -OCH3 is 1. The lowest BCUT2D eigenvalue weighted by atomic mass is 10.2. The van der Waals surface area contributed by atoms with Gasteiger partial charge in [-0.15, -0.1) is 0 Å². The Hall–Kier alpha value is -1.89. The third-order valence-electron chi connectivity index (χ3n) is 1.99. The van der Waals surface area contributed by atoms with Crippen LogP contribution in [0.4, 0.5) is 5.69 Å². The van der Waals surface area contributed by atoms with Crippen LogP contribution in [-0.2, 0) is 0 Å². The quantitative estimate of drug-likeness (QED) is 0.390. The van der Waals surface area contributed by atoms with E-state index in [1.165, 1.54) is 18.9 Å². The van der Waals surface area contributed by atoms with Crippen molar-refractivity contribution in [2.24, 2.45) is 4.99 Å². The van der Waals surface area contributed by atoms with Crippen LogP contribution in [-0.4, -0.2) is 18.5 Å². The topological polar surface area (TPSA) is 81.2 Å². The van der Waals surface area contributed by atoms with E-state index >= 15 is 0 Å². The van der Waals surface area contributed by atoms with Crippen molar-refractivity contribution in [2.75, 3.05) is 13.4 Å². The van der Waals surface area contributed by atoms with Gasteiger partial charge in [-0.25, -0.2) is 4.99 Å². The van der Waals surface area contributed by atoms with Crippen molar-refractivity contribution in [3.8, 4) is 18.0 Å². The number of hydrogen-bond donors (Lipinski definition) is 1. The number of ether oxygens (including phenoxy) is 1. The van der Waals surface area contributed by atoms with Crippen LogP contribution >= 0.6 is 23.4 Å². The van der Waals surface area contributed by atoms with Crippen LogP contribution in [0.5, 0.6) is 5.75 Å². The number of hydrogen-bond acceptors (Lipinski definition) is 5. The Kier molecular flexibility index (Phi) is 5.31. The summed E-state index contributed by atoms with van der Waals surface area (Å²) in [5.74, 6) is 0.423. The summed E-state index contributed by atoms with van der Waals surface area (Å²) < 4.78 is 5.06. The molecule has 0 fully saturated rings. The number of amidine groups is 1. The monoisotopic (exact) mass is 280 g/mol.